The van der Waals surface area contributed by atoms with E-state index in [1.165, 1.54) is 11.3 Å². The van der Waals surface area contributed by atoms with E-state index >= 15 is 0 Å². The second kappa shape index (κ2) is 8.99. The number of para-hydroxylation sites is 1. The van der Waals surface area contributed by atoms with Crippen LogP contribution in [-0.2, 0) is 27.6 Å². The minimum atomic E-state index is -3.26. The van der Waals surface area contributed by atoms with Gasteiger partial charge in [-0.25, -0.2) is 13.4 Å². The molecule has 158 valence electrons. The largest absolute Gasteiger partial charge is 0.283 e. The molecular weight excluding hydrogens is 428 g/mol. The van der Waals surface area contributed by atoms with Gasteiger partial charge in [0.15, 0.2) is 15.0 Å². The number of rotatable bonds is 7. The number of aromatic nitrogens is 1. The lowest BCUT2D eigenvalue weighted by molar-refractivity contribution is -0.118. The molecule has 1 amide bonds. The van der Waals surface area contributed by atoms with Gasteiger partial charge in [0.25, 0.3) is 0 Å². The van der Waals surface area contributed by atoms with Crippen molar-refractivity contribution in [3.8, 4) is 0 Å². The first-order chi connectivity index (χ1) is 15.0. The van der Waals surface area contributed by atoms with Crippen molar-refractivity contribution in [3.63, 3.8) is 0 Å². The molecule has 0 aliphatic heterocycles. The van der Waals surface area contributed by atoms with Crippen molar-refractivity contribution in [2.75, 3.05) is 10.7 Å². The van der Waals surface area contributed by atoms with Gasteiger partial charge in [0.05, 0.1) is 33.8 Å². The normalized spacial score (nSPS) is 11.5. The van der Waals surface area contributed by atoms with Gasteiger partial charge in [0, 0.05) is 0 Å². The lowest BCUT2D eigenvalue weighted by Gasteiger charge is -2.20. The molecule has 0 spiro atoms. The average Bonchev–Trinajstić information content (AvgIpc) is 3.22. The summed E-state index contributed by atoms with van der Waals surface area (Å²) in [5, 5.41) is 0.653. The first-order valence-electron chi connectivity index (χ1n) is 9.98. The standard InChI is InChI=1S/C24H22N2O3S2/c1-2-31(28,29)20-14-12-18(13-15-20)16-23(27)26(17-19-8-4-3-5-9-19)24-25-21-10-6-7-11-22(21)30-24/h3-15H,2,16-17H2,1H3. The zero-order valence-corrected chi connectivity index (χ0v) is 18.7. The molecule has 7 heteroatoms. The van der Waals surface area contributed by atoms with E-state index in [0.717, 1.165) is 21.3 Å². The summed E-state index contributed by atoms with van der Waals surface area (Å²) < 4.78 is 25.1. The summed E-state index contributed by atoms with van der Waals surface area (Å²) in [6.45, 7) is 2.04. The van der Waals surface area contributed by atoms with Crippen LogP contribution < -0.4 is 4.90 Å². The van der Waals surface area contributed by atoms with Gasteiger partial charge in [-0.05, 0) is 35.4 Å². The van der Waals surface area contributed by atoms with E-state index in [4.69, 9.17) is 0 Å². The second-order valence-corrected chi connectivity index (χ2v) is 10.4. The predicted octanol–water partition coefficient (Wildman–Crippen LogP) is 4.87. The van der Waals surface area contributed by atoms with E-state index in [1.54, 1.807) is 36.1 Å². The Morgan fingerprint density at radius 2 is 1.58 bits per heavy atom. The summed E-state index contributed by atoms with van der Waals surface area (Å²) in [5.41, 5.74) is 2.64. The molecule has 0 atom stereocenters. The number of nitrogens with zero attached hydrogens (tertiary/aromatic N) is 2. The molecular formula is C24H22N2O3S2. The molecule has 3 aromatic carbocycles. The number of fused-ring (bicyclic) bond motifs is 1. The molecule has 0 bridgehead atoms. The van der Waals surface area contributed by atoms with Crippen LogP contribution in [0.4, 0.5) is 5.13 Å². The van der Waals surface area contributed by atoms with E-state index in [1.807, 2.05) is 54.6 Å². The maximum Gasteiger partial charge on any atom is 0.233 e. The van der Waals surface area contributed by atoms with Gasteiger partial charge in [-0.15, -0.1) is 0 Å². The summed E-state index contributed by atoms with van der Waals surface area (Å²) in [7, 11) is -3.26. The summed E-state index contributed by atoms with van der Waals surface area (Å²) >= 11 is 1.49. The fourth-order valence-corrected chi connectivity index (χ4v) is 5.12. The Bertz CT molecular complexity index is 1260. The highest BCUT2D eigenvalue weighted by atomic mass is 32.2. The summed E-state index contributed by atoms with van der Waals surface area (Å²) in [5.74, 6) is -0.0395. The van der Waals surface area contributed by atoms with Crippen LogP contribution in [0.15, 0.2) is 83.8 Å². The van der Waals surface area contributed by atoms with Crippen molar-refractivity contribution in [1.29, 1.82) is 0 Å². The first kappa shape index (κ1) is 21.2. The highest BCUT2D eigenvalue weighted by Crippen LogP contribution is 2.30. The zero-order valence-electron chi connectivity index (χ0n) is 17.1. The van der Waals surface area contributed by atoms with Crippen LogP contribution in [0.25, 0.3) is 10.2 Å². The maximum atomic E-state index is 13.3. The van der Waals surface area contributed by atoms with Gasteiger partial charge in [0.1, 0.15) is 0 Å². The molecule has 4 rings (SSSR count). The molecule has 0 aliphatic carbocycles. The number of hydrogen-bond acceptors (Lipinski definition) is 5. The van der Waals surface area contributed by atoms with Crippen molar-refractivity contribution in [3.05, 3.63) is 90.0 Å². The fraction of sp³-hybridized carbons (Fsp3) is 0.167. The number of benzene rings is 3. The molecule has 0 radical (unpaired) electrons. The molecule has 1 aromatic heterocycles. The number of amides is 1. The first-order valence-corrected chi connectivity index (χ1v) is 12.4. The van der Waals surface area contributed by atoms with Crippen LogP contribution in [0.2, 0.25) is 0 Å². The zero-order chi connectivity index (χ0) is 21.8. The molecule has 0 N–H and O–H groups in total. The minimum Gasteiger partial charge on any atom is -0.283 e. The molecule has 0 unspecified atom stereocenters. The minimum absolute atomic E-state index is 0.0493. The molecule has 0 aliphatic rings. The number of sulfone groups is 1. The van der Waals surface area contributed by atoms with Gasteiger partial charge in [-0.1, -0.05) is 72.9 Å². The van der Waals surface area contributed by atoms with Gasteiger partial charge in [0.2, 0.25) is 5.91 Å². The molecule has 4 aromatic rings. The topological polar surface area (TPSA) is 67.3 Å². The summed E-state index contributed by atoms with van der Waals surface area (Å²) in [6.07, 6.45) is 0.162. The van der Waals surface area contributed by atoms with Gasteiger partial charge < -0.3 is 0 Å². The third-order valence-corrected chi connectivity index (χ3v) is 7.83. The summed E-state index contributed by atoms with van der Waals surface area (Å²) in [4.78, 5) is 20.0. The number of thiazole rings is 1. The van der Waals surface area contributed by atoms with Crippen molar-refractivity contribution >= 4 is 42.4 Å². The highest BCUT2D eigenvalue weighted by molar-refractivity contribution is 7.91. The quantitative estimate of drug-likeness (QED) is 0.403. The van der Waals surface area contributed by atoms with Crippen LogP contribution in [0.3, 0.4) is 0 Å². The van der Waals surface area contributed by atoms with Crippen molar-refractivity contribution < 1.29 is 13.2 Å². The van der Waals surface area contributed by atoms with Crippen LogP contribution in [-0.4, -0.2) is 25.1 Å². The molecule has 0 saturated carbocycles. The van der Waals surface area contributed by atoms with Crippen LogP contribution in [0.5, 0.6) is 0 Å². The van der Waals surface area contributed by atoms with E-state index in [0.29, 0.717) is 11.7 Å². The molecule has 0 saturated heterocycles. The lowest BCUT2D eigenvalue weighted by atomic mass is 10.1. The fourth-order valence-electron chi connectivity index (χ4n) is 3.26. The third kappa shape index (κ3) is 4.84. The third-order valence-electron chi connectivity index (χ3n) is 5.02. The molecule has 0 fully saturated rings. The smallest absolute Gasteiger partial charge is 0.233 e. The number of anilines is 1. The molecule has 31 heavy (non-hydrogen) atoms. The van der Waals surface area contributed by atoms with E-state index in [2.05, 4.69) is 4.98 Å². The SMILES string of the molecule is CCS(=O)(=O)c1ccc(CC(=O)N(Cc2ccccc2)c2nc3ccccc3s2)cc1. The number of carbonyl (C=O) groups is 1. The van der Waals surface area contributed by atoms with E-state index in [9.17, 15) is 13.2 Å². The Balaban J connectivity index is 1.62. The van der Waals surface area contributed by atoms with Crippen LogP contribution >= 0.6 is 11.3 Å². The highest BCUT2D eigenvalue weighted by Gasteiger charge is 2.21. The monoisotopic (exact) mass is 450 g/mol. The Morgan fingerprint density at radius 3 is 2.26 bits per heavy atom. The van der Waals surface area contributed by atoms with Gasteiger partial charge in [-0.3, -0.25) is 9.69 Å². The Morgan fingerprint density at radius 1 is 0.903 bits per heavy atom. The summed E-state index contributed by atoms with van der Waals surface area (Å²) in [6, 6.07) is 24.2. The Hall–Kier alpha value is -3.03. The van der Waals surface area contributed by atoms with Crippen molar-refractivity contribution in [2.24, 2.45) is 0 Å². The molecule has 5 nitrogen and oxygen atoms in total. The number of carbonyl (C=O) groups excluding carboxylic acids is 1. The van der Waals surface area contributed by atoms with E-state index < -0.39 is 9.84 Å². The predicted molar refractivity (Wildman–Crippen MR) is 125 cm³/mol. The van der Waals surface area contributed by atoms with Crippen LogP contribution in [0.1, 0.15) is 18.1 Å². The van der Waals surface area contributed by atoms with Crippen molar-refractivity contribution in [2.45, 2.75) is 24.8 Å². The molecule has 1 heterocycles. The Kier molecular flexibility index (Phi) is 6.15. The average molecular weight is 451 g/mol. The number of hydrogen-bond donors (Lipinski definition) is 0. The second-order valence-electron chi connectivity index (χ2n) is 7.15. The van der Waals surface area contributed by atoms with Gasteiger partial charge in [-0.2, -0.15) is 0 Å². The van der Waals surface area contributed by atoms with Gasteiger partial charge >= 0.3 is 0 Å². The Labute approximate surface area is 185 Å². The van der Waals surface area contributed by atoms with E-state index in [-0.39, 0.29) is 23.0 Å². The van der Waals surface area contributed by atoms with Crippen molar-refractivity contribution in [1.82, 2.24) is 4.98 Å². The van der Waals surface area contributed by atoms with Crippen LogP contribution in [0, 0.1) is 0 Å². The lowest BCUT2D eigenvalue weighted by Crippen LogP contribution is -2.31. The maximum absolute atomic E-state index is 13.3.